The molecule has 0 saturated heterocycles. The van der Waals surface area contributed by atoms with Gasteiger partial charge in [0.25, 0.3) is 0 Å². The van der Waals surface area contributed by atoms with Gasteiger partial charge in [-0.05, 0) is 55.8 Å². The molecule has 5 atom stereocenters. The number of aliphatic hydroxyl groups is 1. The van der Waals surface area contributed by atoms with Crippen LogP contribution in [0, 0.1) is 28.6 Å². The topological polar surface area (TPSA) is 37.3 Å². The molecule has 0 aromatic carbocycles. The Bertz CT molecular complexity index is 387. The van der Waals surface area contributed by atoms with Crippen LogP contribution in [0.15, 0.2) is 0 Å². The van der Waals surface area contributed by atoms with Crippen molar-refractivity contribution < 1.29 is 9.90 Å². The summed E-state index contributed by atoms with van der Waals surface area (Å²) in [5.41, 5.74) is 0.292. The minimum absolute atomic E-state index is 0.0270. The van der Waals surface area contributed by atoms with E-state index in [0.29, 0.717) is 23.0 Å². The summed E-state index contributed by atoms with van der Waals surface area (Å²) >= 11 is 0. The monoisotopic (exact) mass is 264 g/mol. The van der Waals surface area contributed by atoms with Crippen molar-refractivity contribution in [3.63, 3.8) is 0 Å². The molecule has 3 saturated carbocycles. The van der Waals surface area contributed by atoms with Crippen molar-refractivity contribution in [3.05, 3.63) is 0 Å². The van der Waals surface area contributed by atoms with Crippen LogP contribution >= 0.6 is 0 Å². The van der Waals surface area contributed by atoms with Crippen molar-refractivity contribution >= 4 is 5.78 Å². The van der Waals surface area contributed by atoms with E-state index in [1.807, 2.05) is 0 Å². The summed E-state index contributed by atoms with van der Waals surface area (Å²) in [5, 5.41) is 10.7. The van der Waals surface area contributed by atoms with E-state index in [-0.39, 0.29) is 17.4 Å². The Morgan fingerprint density at radius 1 is 1.11 bits per heavy atom. The number of ketones is 1. The molecule has 3 aliphatic carbocycles. The highest BCUT2D eigenvalue weighted by Gasteiger charge is 2.59. The fraction of sp³-hybridized carbons (Fsp3) is 0.941. The van der Waals surface area contributed by atoms with Gasteiger partial charge in [-0.1, -0.05) is 20.8 Å². The molecule has 0 aromatic heterocycles. The first-order chi connectivity index (χ1) is 8.87. The second-order valence-electron chi connectivity index (χ2n) is 8.11. The Morgan fingerprint density at radius 2 is 1.84 bits per heavy atom. The molecule has 2 heteroatoms. The smallest absolute Gasteiger partial charge is 0.136 e. The molecular weight excluding hydrogens is 236 g/mol. The van der Waals surface area contributed by atoms with E-state index in [0.717, 1.165) is 44.9 Å². The predicted molar refractivity (Wildman–Crippen MR) is 75.7 cm³/mol. The van der Waals surface area contributed by atoms with Gasteiger partial charge in [-0.3, -0.25) is 4.79 Å². The maximum Gasteiger partial charge on any atom is 0.136 e. The van der Waals surface area contributed by atoms with Crippen LogP contribution < -0.4 is 0 Å². The van der Waals surface area contributed by atoms with Gasteiger partial charge in [-0.25, -0.2) is 0 Å². The number of rotatable bonds is 0. The quantitative estimate of drug-likeness (QED) is 0.726. The molecule has 108 valence electrons. The van der Waals surface area contributed by atoms with Gasteiger partial charge in [-0.15, -0.1) is 0 Å². The summed E-state index contributed by atoms with van der Waals surface area (Å²) in [6.07, 6.45) is 7.00. The van der Waals surface area contributed by atoms with Gasteiger partial charge in [0, 0.05) is 17.8 Å². The van der Waals surface area contributed by atoms with Crippen LogP contribution in [0.2, 0.25) is 0 Å². The van der Waals surface area contributed by atoms with Crippen LogP contribution in [0.25, 0.3) is 0 Å². The molecule has 1 N–H and O–H groups in total. The molecule has 2 nitrogen and oxygen atoms in total. The summed E-state index contributed by atoms with van der Waals surface area (Å²) in [5.74, 6) is 1.74. The zero-order valence-corrected chi connectivity index (χ0v) is 12.6. The molecular formula is C17H28O2. The van der Waals surface area contributed by atoms with Crippen molar-refractivity contribution in [1.29, 1.82) is 0 Å². The first-order valence-corrected chi connectivity index (χ1v) is 8.08. The second-order valence-corrected chi connectivity index (χ2v) is 8.11. The third-order valence-electron chi connectivity index (χ3n) is 6.88. The predicted octanol–water partition coefficient (Wildman–Crippen LogP) is 3.57. The molecule has 0 amide bonds. The molecule has 3 rings (SSSR count). The number of carbonyl (C=O) groups excluding carboxylic acids is 1. The fourth-order valence-corrected chi connectivity index (χ4v) is 5.84. The van der Waals surface area contributed by atoms with Gasteiger partial charge in [0.15, 0.2) is 0 Å². The molecule has 19 heavy (non-hydrogen) atoms. The van der Waals surface area contributed by atoms with Crippen LogP contribution in [-0.2, 0) is 4.79 Å². The minimum Gasteiger partial charge on any atom is -0.393 e. The zero-order chi connectivity index (χ0) is 13.8. The lowest BCUT2D eigenvalue weighted by molar-refractivity contribution is -0.178. The van der Waals surface area contributed by atoms with Gasteiger partial charge in [-0.2, -0.15) is 0 Å². The highest BCUT2D eigenvalue weighted by atomic mass is 16.3. The minimum atomic E-state index is -0.204. The van der Waals surface area contributed by atoms with Gasteiger partial charge in [0.2, 0.25) is 0 Å². The maximum atomic E-state index is 12.2. The largest absolute Gasteiger partial charge is 0.393 e. The van der Waals surface area contributed by atoms with Crippen LogP contribution in [0.3, 0.4) is 0 Å². The lowest BCUT2D eigenvalue weighted by Crippen LogP contribution is -2.59. The molecule has 0 radical (unpaired) electrons. The summed E-state index contributed by atoms with van der Waals surface area (Å²) in [6, 6.07) is 0. The average molecular weight is 264 g/mol. The van der Waals surface area contributed by atoms with Crippen molar-refractivity contribution in [1.82, 2.24) is 0 Å². The van der Waals surface area contributed by atoms with E-state index in [1.54, 1.807) is 0 Å². The standard InChI is InChI=1S/C17H28O2/c1-16(2)10-9-15(19)17(3)12-5-4-6-13(18)11(12)7-8-14(16)17/h11-12,14-15,19H,4-10H2,1-3H3/t11?,12-,14-,15+,17+/m1/s1. The van der Waals surface area contributed by atoms with Crippen molar-refractivity contribution in [2.45, 2.75) is 71.8 Å². The number of fused-ring (bicyclic) bond motifs is 3. The van der Waals surface area contributed by atoms with Gasteiger partial charge in [0.05, 0.1) is 6.10 Å². The average Bonchev–Trinajstić information content (AvgIpc) is 2.36. The van der Waals surface area contributed by atoms with Gasteiger partial charge >= 0.3 is 0 Å². The summed E-state index contributed by atoms with van der Waals surface area (Å²) in [6.45, 7) is 7.03. The van der Waals surface area contributed by atoms with Crippen molar-refractivity contribution in [2.75, 3.05) is 0 Å². The number of hydrogen-bond donors (Lipinski definition) is 1. The first kappa shape index (κ1) is 13.6. The van der Waals surface area contributed by atoms with Crippen LogP contribution in [0.4, 0.5) is 0 Å². The summed E-state index contributed by atoms with van der Waals surface area (Å²) in [7, 11) is 0. The third-order valence-corrected chi connectivity index (χ3v) is 6.88. The normalized spacial score (nSPS) is 49.4. The van der Waals surface area contributed by atoms with E-state index in [1.165, 1.54) is 0 Å². The Hall–Kier alpha value is -0.370. The van der Waals surface area contributed by atoms with E-state index in [9.17, 15) is 9.90 Å². The summed E-state index contributed by atoms with van der Waals surface area (Å²) < 4.78 is 0. The van der Waals surface area contributed by atoms with Gasteiger partial charge in [0.1, 0.15) is 5.78 Å². The van der Waals surface area contributed by atoms with E-state index in [2.05, 4.69) is 20.8 Å². The van der Waals surface area contributed by atoms with Crippen LogP contribution in [0.5, 0.6) is 0 Å². The number of carbonyl (C=O) groups is 1. The molecule has 0 spiro atoms. The Labute approximate surface area is 117 Å². The zero-order valence-electron chi connectivity index (χ0n) is 12.6. The van der Waals surface area contributed by atoms with Crippen molar-refractivity contribution in [2.24, 2.45) is 28.6 Å². The van der Waals surface area contributed by atoms with E-state index in [4.69, 9.17) is 0 Å². The molecule has 0 aromatic rings. The molecule has 3 fully saturated rings. The lowest BCUT2D eigenvalue weighted by Gasteiger charge is -2.61. The highest BCUT2D eigenvalue weighted by molar-refractivity contribution is 5.82. The number of Topliss-reactive ketones (excluding diaryl/α,β-unsaturated/α-hetero) is 1. The fourth-order valence-electron chi connectivity index (χ4n) is 5.84. The molecule has 0 heterocycles. The lowest BCUT2D eigenvalue weighted by atomic mass is 9.43. The van der Waals surface area contributed by atoms with E-state index < -0.39 is 0 Å². The molecule has 0 aliphatic heterocycles. The van der Waals surface area contributed by atoms with Crippen LogP contribution in [-0.4, -0.2) is 17.0 Å². The second kappa shape index (κ2) is 4.31. The van der Waals surface area contributed by atoms with Crippen molar-refractivity contribution in [3.8, 4) is 0 Å². The Balaban J connectivity index is 1.99. The number of aliphatic hydroxyl groups excluding tert-OH is 1. The SMILES string of the molecule is CC1(C)CC[C@H](O)[C@@]2(C)[C@@H]3CCCC(=O)C3CC[C@H]12. The summed E-state index contributed by atoms with van der Waals surface area (Å²) in [4.78, 5) is 12.2. The number of hydrogen-bond acceptors (Lipinski definition) is 2. The Kier molecular flexibility index (Phi) is 3.09. The first-order valence-electron chi connectivity index (χ1n) is 8.08. The molecule has 0 bridgehead atoms. The van der Waals surface area contributed by atoms with Gasteiger partial charge < -0.3 is 5.11 Å². The molecule has 1 unspecified atom stereocenters. The maximum absolute atomic E-state index is 12.2. The van der Waals surface area contributed by atoms with Crippen LogP contribution in [0.1, 0.15) is 65.7 Å². The molecule has 3 aliphatic rings. The third kappa shape index (κ3) is 1.82. The highest BCUT2D eigenvalue weighted by Crippen LogP contribution is 2.63. The Morgan fingerprint density at radius 3 is 2.58 bits per heavy atom. The van der Waals surface area contributed by atoms with E-state index >= 15 is 0 Å².